The van der Waals surface area contributed by atoms with Crippen molar-refractivity contribution in [3.8, 4) is 0 Å². The van der Waals surface area contributed by atoms with Crippen molar-refractivity contribution in [3.05, 3.63) is 29.7 Å². The van der Waals surface area contributed by atoms with Crippen LogP contribution in [0.1, 0.15) is 16.1 Å². The van der Waals surface area contributed by atoms with Crippen LogP contribution >= 0.6 is 0 Å². The smallest absolute Gasteiger partial charge is 0.257 e. The van der Waals surface area contributed by atoms with Crippen molar-refractivity contribution in [3.63, 3.8) is 0 Å². The number of aryl methyl sites for hydroxylation is 2. The summed E-state index contributed by atoms with van der Waals surface area (Å²) in [5, 5.41) is 1.01. The lowest BCUT2D eigenvalue weighted by Gasteiger charge is -2.27. The zero-order valence-corrected chi connectivity index (χ0v) is 11.2. The van der Waals surface area contributed by atoms with Gasteiger partial charge in [0.25, 0.3) is 5.91 Å². The largest absolute Gasteiger partial charge is 0.378 e. The first kappa shape index (κ1) is 12.2. The van der Waals surface area contributed by atoms with Crippen LogP contribution in [0.15, 0.2) is 18.5 Å². The molecule has 2 aromatic rings. The van der Waals surface area contributed by atoms with Crippen LogP contribution in [0, 0.1) is 6.92 Å². The second-order valence-electron chi connectivity index (χ2n) is 4.87. The van der Waals surface area contributed by atoms with Gasteiger partial charge in [-0.2, -0.15) is 0 Å². The van der Waals surface area contributed by atoms with E-state index in [-0.39, 0.29) is 5.91 Å². The zero-order chi connectivity index (χ0) is 13.4. The molecule has 100 valence electrons. The number of carbonyl (C=O) groups excluding carboxylic acids is 1. The van der Waals surface area contributed by atoms with Crippen LogP contribution < -0.4 is 0 Å². The van der Waals surface area contributed by atoms with Crippen molar-refractivity contribution in [2.75, 3.05) is 26.3 Å². The topological polar surface area (TPSA) is 47.4 Å². The van der Waals surface area contributed by atoms with Gasteiger partial charge in [0.1, 0.15) is 0 Å². The van der Waals surface area contributed by atoms with E-state index in [1.54, 1.807) is 12.4 Å². The summed E-state index contributed by atoms with van der Waals surface area (Å²) in [6.45, 7) is 4.56. The lowest BCUT2D eigenvalue weighted by Crippen LogP contribution is -2.40. The summed E-state index contributed by atoms with van der Waals surface area (Å²) in [5.41, 5.74) is 2.76. The molecule has 1 amide bonds. The van der Waals surface area contributed by atoms with E-state index in [4.69, 9.17) is 4.74 Å². The van der Waals surface area contributed by atoms with Crippen molar-refractivity contribution in [1.29, 1.82) is 0 Å². The molecule has 2 aromatic heterocycles. The molecule has 1 fully saturated rings. The lowest BCUT2D eigenvalue weighted by atomic mass is 10.2. The van der Waals surface area contributed by atoms with Gasteiger partial charge in [-0.1, -0.05) is 0 Å². The van der Waals surface area contributed by atoms with E-state index in [0.717, 1.165) is 16.6 Å². The minimum absolute atomic E-state index is 0.0441. The average Bonchev–Trinajstić information content (AvgIpc) is 2.74. The maximum atomic E-state index is 12.6. The summed E-state index contributed by atoms with van der Waals surface area (Å²) in [7, 11) is 1.98. The number of amides is 1. The van der Waals surface area contributed by atoms with Crippen LogP contribution in [-0.4, -0.2) is 46.7 Å². The molecule has 5 nitrogen and oxygen atoms in total. The number of fused-ring (bicyclic) bond motifs is 1. The van der Waals surface area contributed by atoms with Crippen LogP contribution in [0.5, 0.6) is 0 Å². The molecular weight excluding hydrogens is 242 g/mol. The molecule has 19 heavy (non-hydrogen) atoms. The molecule has 0 N–H and O–H groups in total. The number of morpholine rings is 1. The molecule has 0 aliphatic carbocycles. The molecule has 3 rings (SSSR count). The van der Waals surface area contributed by atoms with Gasteiger partial charge in [0.2, 0.25) is 0 Å². The number of pyridine rings is 1. The Labute approximate surface area is 111 Å². The fourth-order valence-electron chi connectivity index (χ4n) is 2.54. The number of nitrogens with zero attached hydrogens (tertiary/aromatic N) is 3. The van der Waals surface area contributed by atoms with Crippen molar-refractivity contribution < 1.29 is 9.53 Å². The Kier molecular flexibility index (Phi) is 2.98. The third-order valence-electron chi connectivity index (χ3n) is 3.70. The van der Waals surface area contributed by atoms with Gasteiger partial charge in [-0.05, 0) is 13.0 Å². The summed E-state index contributed by atoms with van der Waals surface area (Å²) >= 11 is 0. The van der Waals surface area contributed by atoms with E-state index in [9.17, 15) is 4.79 Å². The Balaban J connectivity index is 2.06. The average molecular weight is 259 g/mol. The van der Waals surface area contributed by atoms with Crippen molar-refractivity contribution in [2.45, 2.75) is 6.92 Å². The minimum Gasteiger partial charge on any atom is -0.378 e. The number of rotatable bonds is 1. The molecule has 0 spiro atoms. The number of carbonyl (C=O) groups is 1. The SMILES string of the molecule is Cc1cc2cncc(C(=O)N3CCOCC3)c2n1C. The van der Waals surface area contributed by atoms with E-state index in [2.05, 4.69) is 11.1 Å². The first-order valence-corrected chi connectivity index (χ1v) is 6.45. The molecule has 1 aliphatic rings. The first-order valence-electron chi connectivity index (χ1n) is 6.45. The minimum atomic E-state index is 0.0441. The third kappa shape index (κ3) is 2.00. The van der Waals surface area contributed by atoms with E-state index < -0.39 is 0 Å². The summed E-state index contributed by atoms with van der Waals surface area (Å²) in [6.07, 6.45) is 3.47. The molecule has 3 heterocycles. The maximum Gasteiger partial charge on any atom is 0.257 e. The highest BCUT2D eigenvalue weighted by molar-refractivity contribution is 6.05. The highest BCUT2D eigenvalue weighted by Gasteiger charge is 2.22. The van der Waals surface area contributed by atoms with Gasteiger partial charge in [-0.15, -0.1) is 0 Å². The van der Waals surface area contributed by atoms with Gasteiger partial charge >= 0.3 is 0 Å². The third-order valence-corrected chi connectivity index (χ3v) is 3.70. The molecule has 0 radical (unpaired) electrons. The Morgan fingerprint density at radius 3 is 2.79 bits per heavy atom. The van der Waals surface area contributed by atoms with Gasteiger partial charge in [-0.3, -0.25) is 9.78 Å². The van der Waals surface area contributed by atoms with Crippen LogP contribution in [0.3, 0.4) is 0 Å². The summed E-state index contributed by atoms with van der Waals surface area (Å²) in [6, 6.07) is 2.05. The molecule has 0 bridgehead atoms. The second-order valence-corrected chi connectivity index (χ2v) is 4.87. The van der Waals surface area contributed by atoms with Crippen LogP contribution in [0.2, 0.25) is 0 Å². The maximum absolute atomic E-state index is 12.6. The van der Waals surface area contributed by atoms with Gasteiger partial charge in [0.15, 0.2) is 0 Å². The Hall–Kier alpha value is -1.88. The fourth-order valence-corrected chi connectivity index (χ4v) is 2.54. The molecule has 1 aliphatic heterocycles. The number of hydrogen-bond acceptors (Lipinski definition) is 3. The normalized spacial score (nSPS) is 16.0. The predicted octanol–water partition coefficient (Wildman–Crippen LogP) is 1.35. The molecule has 0 atom stereocenters. The van der Waals surface area contributed by atoms with Crippen molar-refractivity contribution >= 4 is 16.8 Å². The summed E-state index contributed by atoms with van der Waals surface area (Å²) < 4.78 is 7.33. The number of ether oxygens (including phenoxy) is 1. The Bertz CT molecular complexity index is 627. The highest BCUT2D eigenvalue weighted by Crippen LogP contribution is 2.22. The van der Waals surface area contributed by atoms with Crippen molar-refractivity contribution in [2.24, 2.45) is 7.05 Å². The van der Waals surface area contributed by atoms with Crippen LogP contribution in [-0.2, 0) is 11.8 Å². The molecular formula is C14H17N3O2. The lowest BCUT2D eigenvalue weighted by molar-refractivity contribution is 0.0303. The standard InChI is InChI=1S/C14H17N3O2/c1-10-7-11-8-15-9-12(13(11)16(10)2)14(18)17-3-5-19-6-4-17/h7-9H,3-6H2,1-2H3. The quantitative estimate of drug-likeness (QED) is 0.776. The van der Waals surface area contributed by atoms with Gasteiger partial charge in [0, 0.05) is 43.6 Å². The van der Waals surface area contributed by atoms with E-state index in [1.807, 2.05) is 23.4 Å². The number of hydrogen-bond donors (Lipinski definition) is 0. The zero-order valence-electron chi connectivity index (χ0n) is 11.2. The van der Waals surface area contributed by atoms with Gasteiger partial charge in [-0.25, -0.2) is 0 Å². The van der Waals surface area contributed by atoms with E-state index >= 15 is 0 Å². The van der Waals surface area contributed by atoms with Crippen LogP contribution in [0.25, 0.3) is 10.9 Å². The van der Waals surface area contributed by atoms with Crippen molar-refractivity contribution in [1.82, 2.24) is 14.5 Å². The highest BCUT2D eigenvalue weighted by atomic mass is 16.5. The second kappa shape index (κ2) is 4.66. The molecule has 1 saturated heterocycles. The predicted molar refractivity (Wildman–Crippen MR) is 72.2 cm³/mol. The summed E-state index contributed by atoms with van der Waals surface area (Å²) in [5.74, 6) is 0.0441. The van der Waals surface area contributed by atoms with Gasteiger partial charge in [0.05, 0.1) is 24.3 Å². The van der Waals surface area contributed by atoms with Gasteiger partial charge < -0.3 is 14.2 Å². The van der Waals surface area contributed by atoms with Crippen LogP contribution in [0.4, 0.5) is 0 Å². The monoisotopic (exact) mass is 259 g/mol. The molecule has 0 aromatic carbocycles. The first-order chi connectivity index (χ1) is 9.18. The van der Waals surface area contributed by atoms with E-state index in [0.29, 0.717) is 31.9 Å². The summed E-state index contributed by atoms with van der Waals surface area (Å²) in [4.78, 5) is 18.6. The molecule has 0 saturated carbocycles. The Morgan fingerprint density at radius 2 is 2.05 bits per heavy atom. The molecule has 0 unspecified atom stereocenters. The molecule has 5 heteroatoms. The Morgan fingerprint density at radius 1 is 1.32 bits per heavy atom. The number of aromatic nitrogens is 2. The fraction of sp³-hybridized carbons (Fsp3) is 0.429. The van der Waals surface area contributed by atoms with E-state index in [1.165, 1.54) is 0 Å².